The molecule has 10 heteroatoms. The molecule has 21 heavy (non-hydrogen) atoms. The van der Waals surface area contributed by atoms with E-state index in [1.165, 1.54) is 0 Å². The van der Waals surface area contributed by atoms with E-state index in [2.05, 4.69) is 10.1 Å². The molecule has 6 nitrogen and oxygen atoms in total. The quantitative estimate of drug-likeness (QED) is 0.547. The standard InChI is InChI=1S/C11H14F3N3O3S/c1-20-10(19)5-6(15)7(8(16)18)21-9(5)17-4-2-3-11(12,13)14/h17H,2-4,15H2,1H3,(H2,16,18). The summed E-state index contributed by atoms with van der Waals surface area (Å²) in [4.78, 5) is 22.8. The van der Waals surface area contributed by atoms with Crippen LogP contribution in [0, 0.1) is 0 Å². The van der Waals surface area contributed by atoms with Crippen molar-refractivity contribution in [1.82, 2.24) is 0 Å². The molecule has 0 atom stereocenters. The van der Waals surface area contributed by atoms with Crippen LogP contribution in [-0.2, 0) is 4.74 Å². The summed E-state index contributed by atoms with van der Waals surface area (Å²) < 4.78 is 40.6. The molecule has 1 heterocycles. The maximum Gasteiger partial charge on any atom is 0.389 e. The summed E-state index contributed by atoms with van der Waals surface area (Å²) in [5.74, 6) is -1.62. The molecule has 0 saturated heterocycles. The van der Waals surface area contributed by atoms with E-state index in [9.17, 15) is 22.8 Å². The predicted octanol–water partition coefficient (Wildman–Crippen LogP) is 1.97. The van der Waals surface area contributed by atoms with Gasteiger partial charge in [-0.3, -0.25) is 4.79 Å². The second kappa shape index (κ2) is 6.66. The largest absolute Gasteiger partial charge is 0.465 e. The van der Waals surface area contributed by atoms with Crippen molar-refractivity contribution in [3.05, 3.63) is 10.4 Å². The van der Waals surface area contributed by atoms with Crippen molar-refractivity contribution in [1.29, 1.82) is 0 Å². The SMILES string of the molecule is COC(=O)c1c(NCCCC(F)(F)F)sc(C(N)=O)c1N. The first-order chi connectivity index (χ1) is 9.67. The highest BCUT2D eigenvalue weighted by molar-refractivity contribution is 7.19. The van der Waals surface area contributed by atoms with Crippen molar-refractivity contribution in [3.8, 4) is 0 Å². The molecule has 118 valence electrons. The number of hydrogen-bond acceptors (Lipinski definition) is 6. The number of alkyl halides is 3. The highest BCUT2D eigenvalue weighted by atomic mass is 32.1. The molecule has 0 bridgehead atoms. The Balaban J connectivity index is 2.88. The van der Waals surface area contributed by atoms with Crippen LogP contribution in [0.3, 0.4) is 0 Å². The molecule has 0 aromatic carbocycles. The molecule has 1 rings (SSSR count). The number of carbonyl (C=O) groups excluding carboxylic acids is 2. The maximum absolute atomic E-state index is 12.0. The molecule has 0 unspecified atom stereocenters. The Morgan fingerprint density at radius 1 is 1.38 bits per heavy atom. The number of primary amides is 1. The number of methoxy groups -OCH3 is 1. The first kappa shape index (κ1) is 17.1. The Bertz CT molecular complexity index is 543. The molecule has 1 aromatic heterocycles. The molecule has 0 saturated carbocycles. The lowest BCUT2D eigenvalue weighted by Gasteiger charge is -2.08. The zero-order valence-electron chi connectivity index (χ0n) is 11.0. The fraction of sp³-hybridized carbons (Fsp3) is 0.455. The predicted molar refractivity (Wildman–Crippen MR) is 72.4 cm³/mol. The number of ether oxygens (including phenoxy) is 1. The molecular weight excluding hydrogens is 311 g/mol. The van der Waals surface area contributed by atoms with E-state index >= 15 is 0 Å². The first-order valence-corrected chi connectivity index (χ1v) is 6.60. The molecular formula is C11H14F3N3O3S. The van der Waals surface area contributed by atoms with Gasteiger partial charge in [0, 0.05) is 13.0 Å². The highest BCUT2D eigenvalue weighted by Crippen LogP contribution is 2.36. The molecule has 0 aliphatic rings. The molecule has 0 fully saturated rings. The van der Waals surface area contributed by atoms with Gasteiger partial charge < -0.3 is 21.5 Å². The van der Waals surface area contributed by atoms with Crippen LogP contribution in [0.5, 0.6) is 0 Å². The van der Waals surface area contributed by atoms with Crippen LogP contribution < -0.4 is 16.8 Å². The Morgan fingerprint density at radius 2 is 2.00 bits per heavy atom. The van der Waals surface area contributed by atoms with Gasteiger partial charge in [0.15, 0.2) is 0 Å². The smallest absolute Gasteiger partial charge is 0.389 e. The van der Waals surface area contributed by atoms with Crippen LogP contribution >= 0.6 is 11.3 Å². The van der Waals surface area contributed by atoms with Gasteiger partial charge in [0.1, 0.15) is 15.4 Å². The van der Waals surface area contributed by atoms with E-state index in [1.807, 2.05) is 0 Å². The Kier molecular flexibility index (Phi) is 5.41. The van der Waals surface area contributed by atoms with Crippen LogP contribution in [0.4, 0.5) is 23.9 Å². The molecule has 0 aliphatic heterocycles. The Morgan fingerprint density at radius 3 is 2.48 bits per heavy atom. The number of rotatable bonds is 6. The van der Waals surface area contributed by atoms with Gasteiger partial charge in [-0.25, -0.2) is 4.79 Å². The maximum atomic E-state index is 12.0. The van der Waals surface area contributed by atoms with Crippen molar-refractivity contribution >= 4 is 33.9 Å². The van der Waals surface area contributed by atoms with E-state index in [0.29, 0.717) is 0 Å². The van der Waals surface area contributed by atoms with Gasteiger partial charge in [-0.05, 0) is 6.42 Å². The van der Waals surface area contributed by atoms with Crippen LogP contribution in [0.25, 0.3) is 0 Å². The van der Waals surface area contributed by atoms with Gasteiger partial charge in [0.25, 0.3) is 5.91 Å². The fourth-order valence-corrected chi connectivity index (χ4v) is 2.53. The monoisotopic (exact) mass is 325 g/mol. The zero-order chi connectivity index (χ0) is 16.2. The van der Waals surface area contributed by atoms with Crippen LogP contribution in [0.1, 0.15) is 32.9 Å². The van der Waals surface area contributed by atoms with E-state index < -0.39 is 24.5 Å². The lowest BCUT2D eigenvalue weighted by Crippen LogP contribution is -2.13. The van der Waals surface area contributed by atoms with Gasteiger partial charge in [0.2, 0.25) is 0 Å². The van der Waals surface area contributed by atoms with Gasteiger partial charge in [-0.1, -0.05) is 0 Å². The van der Waals surface area contributed by atoms with Crippen molar-refractivity contribution < 1.29 is 27.5 Å². The average Bonchev–Trinajstić information content (AvgIpc) is 2.70. The topological polar surface area (TPSA) is 107 Å². The summed E-state index contributed by atoms with van der Waals surface area (Å²) in [6.07, 6.45) is -5.40. The van der Waals surface area contributed by atoms with Crippen LogP contribution in [0.15, 0.2) is 0 Å². The molecule has 0 radical (unpaired) electrons. The number of thiophene rings is 1. The summed E-state index contributed by atoms with van der Waals surface area (Å²) in [7, 11) is 1.12. The normalized spacial score (nSPS) is 11.2. The minimum Gasteiger partial charge on any atom is -0.465 e. The summed E-state index contributed by atoms with van der Waals surface area (Å²) in [6, 6.07) is 0. The van der Waals surface area contributed by atoms with Gasteiger partial charge in [0.05, 0.1) is 12.8 Å². The Hall–Kier alpha value is -1.97. The van der Waals surface area contributed by atoms with Gasteiger partial charge >= 0.3 is 12.1 Å². The van der Waals surface area contributed by atoms with Crippen molar-refractivity contribution in [2.24, 2.45) is 5.73 Å². The number of amides is 1. The van der Waals surface area contributed by atoms with E-state index in [0.717, 1.165) is 18.4 Å². The summed E-state index contributed by atoms with van der Waals surface area (Å²) in [6.45, 7) is -0.0400. The summed E-state index contributed by atoms with van der Waals surface area (Å²) in [5.41, 5.74) is 10.5. The third-order valence-electron chi connectivity index (χ3n) is 2.48. The molecule has 0 aliphatic carbocycles. The van der Waals surface area contributed by atoms with Crippen molar-refractivity contribution in [2.75, 3.05) is 24.7 Å². The number of halogens is 3. The minimum atomic E-state index is -4.25. The third kappa shape index (κ3) is 4.52. The van der Waals surface area contributed by atoms with Crippen molar-refractivity contribution in [2.45, 2.75) is 19.0 Å². The molecule has 1 aromatic rings. The number of carbonyl (C=O) groups is 2. The van der Waals surface area contributed by atoms with E-state index in [-0.39, 0.29) is 34.1 Å². The molecule has 5 N–H and O–H groups in total. The number of nitrogen functional groups attached to an aromatic ring is 1. The number of esters is 1. The minimum absolute atomic E-state index is 0.0400. The number of nitrogens with two attached hydrogens (primary N) is 2. The highest BCUT2D eigenvalue weighted by Gasteiger charge is 2.27. The first-order valence-electron chi connectivity index (χ1n) is 5.78. The number of anilines is 2. The lowest BCUT2D eigenvalue weighted by atomic mass is 10.2. The molecule has 1 amide bonds. The second-order valence-electron chi connectivity index (χ2n) is 4.05. The van der Waals surface area contributed by atoms with Gasteiger partial charge in [-0.2, -0.15) is 13.2 Å². The lowest BCUT2D eigenvalue weighted by molar-refractivity contribution is -0.134. The zero-order valence-corrected chi connectivity index (χ0v) is 11.9. The Labute approximate surface area is 122 Å². The summed E-state index contributed by atoms with van der Waals surface area (Å²) in [5, 5.41) is 2.81. The number of hydrogen-bond donors (Lipinski definition) is 3. The summed E-state index contributed by atoms with van der Waals surface area (Å²) >= 11 is 0.803. The fourth-order valence-electron chi connectivity index (χ4n) is 1.55. The average molecular weight is 325 g/mol. The second-order valence-corrected chi connectivity index (χ2v) is 5.07. The van der Waals surface area contributed by atoms with Crippen LogP contribution in [0.2, 0.25) is 0 Å². The van der Waals surface area contributed by atoms with Gasteiger partial charge in [-0.15, -0.1) is 11.3 Å². The molecule has 0 spiro atoms. The van der Waals surface area contributed by atoms with E-state index in [1.54, 1.807) is 0 Å². The van der Waals surface area contributed by atoms with Crippen molar-refractivity contribution in [3.63, 3.8) is 0 Å². The van der Waals surface area contributed by atoms with E-state index in [4.69, 9.17) is 11.5 Å². The number of nitrogens with one attached hydrogen (secondary N) is 1. The third-order valence-corrected chi connectivity index (χ3v) is 3.66. The van der Waals surface area contributed by atoms with Crippen LogP contribution in [-0.4, -0.2) is 31.7 Å².